The monoisotopic (exact) mass is 535 g/mol. The van der Waals surface area contributed by atoms with Gasteiger partial charge in [-0.3, -0.25) is 4.90 Å². The topological polar surface area (TPSA) is 74.3 Å². The molecule has 1 fully saturated rings. The van der Waals surface area contributed by atoms with Gasteiger partial charge in [-0.1, -0.05) is 30.3 Å². The van der Waals surface area contributed by atoms with E-state index in [0.29, 0.717) is 31.6 Å². The number of fused-ring (bicyclic) bond motifs is 4. The van der Waals surface area contributed by atoms with Gasteiger partial charge in [0.25, 0.3) is 0 Å². The Bertz CT molecular complexity index is 1400. The molecule has 2 heterocycles. The van der Waals surface area contributed by atoms with Crippen molar-refractivity contribution >= 4 is 10.1 Å². The van der Waals surface area contributed by atoms with E-state index in [1.54, 1.807) is 24.3 Å². The van der Waals surface area contributed by atoms with E-state index in [0.717, 1.165) is 36.3 Å². The van der Waals surface area contributed by atoms with Crippen LogP contribution in [0.25, 0.3) is 0 Å². The van der Waals surface area contributed by atoms with E-state index < -0.39 is 10.1 Å². The molecule has 0 amide bonds. The van der Waals surface area contributed by atoms with Crippen LogP contribution < -0.4 is 13.7 Å². The molecule has 200 valence electrons. The van der Waals surface area contributed by atoms with Crippen LogP contribution in [0, 0.1) is 0 Å². The summed E-state index contributed by atoms with van der Waals surface area (Å²) in [6.45, 7) is 2.65. The Morgan fingerprint density at radius 2 is 1.82 bits per heavy atom. The summed E-state index contributed by atoms with van der Waals surface area (Å²) < 4.78 is 49.2. The Hall–Kier alpha value is -3.07. The van der Waals surface area contributed by atoms with Gasteiger partial charge in [-0.2, -0.15) is 8.42 Å². The Kier molecular flexibility index (Phi) is 7.03. The molecule has 38 heavy (non-hydrogen) atoms. The maximum absolute atomic E-state index is 13.1. The second-order valence-corrected chi connectivity index (χ2v) is 11.7. The number of hydrogen-bond acceptors (Lipinski definition) is 7. The maximum Gasteiger partial charge on any atom is 0.339 e. The lowest BCUT2D eigenvalue weighted by Gasteiger charge is -2.42. The molecule has 6 rings (SSSR count). The van der Waals surface area contributed by atoms with E-state index in [9.17, 15) is 8.42 Å². The number of nitrogens with zero attached hydrogens (tertiary/aromatic N) is 1. The van der Waals surface area contributed by atoms with Gasteiger partial charge >= 0.3 is 10.1 Å². The van der Waals surface area contributed by atoms with E-state index in [1.807, 2.05) is 6.07 Å². The molecule has 0 saturated heterocycles. The molecule has 2 aliphatic heterocycles. The number of hydrogen-bond donors (Lipinski definition) is 0. The highest BCUT2D eigenvalue weighted by molar-refractivity contribution is 7.87. The van der Waals surface area contributed by atoms with E-state index in [-0.39, 0.29) is 16.7 Å². The van der Waals surface area contributed by atoms with Gasteiger partial charge in [0.2, 0.25) is 0 Å². The summed E-state index contributed by atoms with van der Waals surface area (Å²) in [5.41, 5.74) is 4.56. The lowest BCUT2D eigenvalue weighted by atomic mass is 9.83. The highest BCUT2D eigenvalue weighted by Crippen LogP contribution is 2.45. The lowest BCUT2D eigenvalue weighted by Crippen LogP contribution is -2.39. The van der Waals surface area contributed by atoms with E-state index >= 15 is 0 Å². The molecule has 1 unspecified atom stereocenters. The molecule has 3 aromatic carbocycles. The minimum atomic E-state index is -4.00. The molecule has 0 radical (unpaired) electrons. The molecule has 0 spiro atoms. The minimum absolute atomic E-state index is 0.118. The summed E-state index contributed by atoms with van der Waals surface area (Å²) in [6, 6.07) is 18.7. The molecule has 1 atom stereocenters. The van der Waals surface area contributed by atoms with Crippen LogP contribution in [-0.4, -0.2) is 46.3 Å². The van der Waals surface area contributed by atoms with Crippen molar-refractivity contribution in [3.05, 3.63) is 82.9 Å². The highest BCUT2D eigenvalue weighted by Gasteiger charge is 2.35. The number of methoxy groups -OCH3 is 1. The maximum atomic E-state index is 13.1. The highest BCUT2D eigenvalue weighted by atomic mass is 32.2. The molecule has 8 heteroatoms. The average molecular weight is 536 g/mol. The quantitative estimate of drug-likeness (QED) is 0.280. The zero-order chi connectivity index (χ0) is 26.1. The summed E-state index contributed by atoms with van der Waals surface area (Å²) >= 11 is 0. The van der Waals surface area contributed by atoms with Crippen molar-refractivity contribution < 1.29 is 26.8 Å². The van der Waals surface area contributed by atoms with Crippen molar-refractivity contribution in [2.75, 3.05) is 26.9 Å². The normalized spacial score (nSPS) is 19.0. The fourth-order valence-electron chi connectivity index (χ4n) is 5.59. The molecule has 7 nitrogen and oxygen atoms in total. The molecular weight excluding hydrogens is 502 g/mol. The zero-order valence-electron chi connectivity index (χ0n) is 21.6. The van der Waals surface area contributed by atoms with Crippen LogP contribution in [-0.2, 0) is 34.2 Å². The van der Waals surface area contributed by atoms with Crippen molar-refractivity contribution in [3.63, 3.8) is 0 Å². The Balaban J connectivity index is 1.21. The third-order valence-corrected chi connectivity index (χ3v) is 9.12. The number of benzene rings is 3. The summed E-state index contributed by atoms with van der Waals surface area (Å²) in [5, 5.41) is 0. The summed E-state index contributed by atoms with van der Waals surface area (Å²) in [6.07, 6.45) is 5.70. The molecule has 1 aliphatic carbocycles. The molecule has 1 saturated carbocycles. The predicted molar refractivity (Wildman–Crippen MR) is 143 cm³/mol. The van der Waals surface area contributed by atoms with Gasteiger partial charge < -0.3 is 18.4 Å². The molecule has 3 aromatic rings. The Labute approximate surface area is 224 Å². The van der Waals surface area contributed by atoms with Crippen LogP contribution in [0.15, 0.2) is 65.6 Å². The predicted octanol–water partition coefficient (Wildman–Crippen LogP) is 5.07. The van der Waals surface area contributed by atoms with Crippen molar-refractivity contribution in [1.29, 1.82) is 0 Å². The van der Waals surface area contributed by atoms with Crippen LogP contribution in [0.5, 0.6) is 17.2 Å². The first kappa shape index (κ1) is 25.2. The van der Waals surface area contributed by atoms with E-state index in [4.69, 9.17) is 18.4 Å². The SMILES string of the molecule is COc1ccc2c(c1OS(=O)(=O)c1ccccc1)CN1CCc3cc(OCCOC4CCC4)ccc3C1C2. The fraction of sp³-hybridized carbons (Fsp3) is 0.400. The molecular formula is C30H33NO6S. The van der Waals surface area contributed by atoms with Crippen molar-refractivity contribution in [3.8, 4) is 17.2 Å². The first-order chi connectivity index (χ1) is 18.5. The number of rotatable bonds is 9. The summed E-state index contributed by atoms with van der Waals surface area (Å²) in [4.78, 5) is 2.52. The van der Waals surface area contributed by atoms with Crippen molar-refractivity contribution in [2.45, 2.75) is 55.7 Å². The van der Waals surface area contributed by atoms with Gasteiger partial charge in [-0.05, 0) is 79.1 Å². The molecule has 0 bridgehead atoms. The second kappa shape index (κ2) is 10.6. The molecule has 0 N–H and O–H groups in total. The minimum Gasteiger partial charge on any atom is -0.493 e. The van der Waals surface area contributed by atoms with Gasteiger partial charge in [0, 0.05) is 24.7 Å². The lowest BCUT2D eigenvalue weighted by molar-refractivity contribution is -0.0104. The second-order valence-electron chi connectivity index (χ2n) is 10.2. The summed E-state index contributed by atoms with van der Waals surface area (Å²) in [7, 11) is -2.46. The van der Waals surface area contributed by atoms with Gasteiger partial charge in [0.05, 0.1) is 19.8 Å². The van der Waals surface area contributed by atoms with Crippen molar-refractivity contribution in [2.24, 2.45) is 0 Å². The fourth-order valence-corrected chi connectivity index (χ4v) is 6.58. The smallest absolute Gasteiger partial charge is 0.339 e. The van der Waals surface area contributed by atoms with E-state index in [2.05, 4.69) is 23.1 Å². The Morgan fingerprint density at radius 1 is 0.974 bits per heavy atom. The Morgan fingerprint density at radius 3 is 2.58 bits per heavy atom. The largest absolute Gasteiger partial charge is 0.493 e. The number of ether oxygens (including phenoxy) is 3. The molecule has 3 aliphatic rings. The van der Waals surface area contributed by atoms with Gasteiger partial charge in [0.1, 0.15) is 17.3 Å². The average Bonchev–Trinajstić information content (AvgIpc) is 2.91. The van der Waals surface area contributed by atoms with Crippen LogP contribution in [0.3, 0.4) is 0 Å². The first-order valence-electron chi connectivity index (χ1n) is 13.3. The van der Waals surface area contributed by atoms with Crippen LogP contribution in [0.1, 0.15) is 47.6 Å². The van der Waals surface area contributed by atoms with Gasteiger partial charge in [-0.15, -0.1) is 0 Å². The first-order valence-corrected chi connectivity index (χ1v) is 14.7. The summed E-state index contributed by atoms with van der Waals surface area (Å²) in [5.74, 6) is 1.59. The van der Waals surface area contributed by atoms with E-state index in [1.165, 1.54) is 49.6 Å². The third-order valence-electron chi connectivity index (χ3n) is 7.88. The molecule has 0 aromatic heterocycles. The van der Waals surface area contributed by atoms with Crippen LogP contribution in [0.2, 0.25) is 0 Å². The van der Waals surface area contributed by atoms with Crippen molar-refractivity contribution in [1.82, 2.24) is 4.90 Å². The zero-order valence-corrected chi connectivity index (χ0v) is 22.4. The third kappa shape index (κ3) is 5.00. The van der Waals surface area contributed by atoms with Gasteiger partial charge in [0.15, 0.2) is 11.5 Å². The van der Waals surface area contributed by atoms with Gasteiger partial charge in [-0.25, -0.2) is 0 Å². The van der Waals surface area contributed by atoms with Crippen LogP contribution >= 0.6 is 0 Å². The van der Waals surface area contributed by atoms with Crippen LogP contribution in [0.4, 0.5) is 0 Å². The standard InChI is InChI=1S/C30H33NO6S/c1-34-29-13-10-21-19-28-26-12-11-24(36-17-16-35-23-6-5-7-23)18-22(26)14-15-31(28)20-27(21)30(29)37-38(32,33)25-8-3-2-4-9-25/h2-4,8-13,18,23,28H,5-7,14-17,19-20H2,1H3.